The molecule has 1 aromatic heterocycles. The van der Waals surface area contributed by atoms with Gasteiger partial charge in [0.2, 0.25) is 11.8 Å². The van der Waals surface area contributed by atoms with E-state index in [1.54, 1.807) is 12.1 Å². The molecule has 3 rings (SSSR count). The number of rotatable bonds is 9. The summed E-state index contributed by atoms with van der Waals surface area (Å²) in [4.78, 5) is 27.8. The highest BCUT2D eigenvalue weighted by Gasteiger charge is 2.22. The lowest BCUT2D eigenvalue weighted by molar-refractivity contribution is -0.123. The van der Waals surface area contributed by atoms with Gasteiger partial charge < -0.3 is 10.6 Å². The maximum absolute atomic E-state index is 13.0. The van der Waals surface area contributed by atoms with Crippen molar-refractivity contribution in [1.29, 1.82) is 5.26 Å². The second kappa shape index (κ2) is 11.0. The zero-order chi connectivity index (χ0) is 22.2. The van der Waals surface area contributed by atoms with Gasteiger partial charge in [0.15, 0.2) is 0 Å². The Labute approximate surface area is 186 Å². The summed E-state index contributed by atoms with van der Waals surface area (Å²) in [5, 5.41) is 15.9. The van der Waals surface area contributed by atoms with E-state index in [1.807, 2.05) is 11.8 Å². The number of likely N-dealkylation sites (N-methyl/N-ethyl adjacent to an activating group) is 1. The standard InChI is InChI=1S/C23H27FN4O2S/c1-2-28(15-22(30)26-14-16-7-9-17(24)10-8-16)12-11-21(29)27-23-19(13-25)18-5-3-4-6-20(18)31-23/h7-10H,2-6,11-12,14-15H2,1H3,(H,26,30)(H,27,29). The zero-order valence-electron chi connectivity index (χ0n) is 17.7. The fourth-order valence-corrected chi connectivity index (χ4v) is 4.89. The first-order chi connectivity index (χ1) is 15.0. The number of halogens is 1. The largest absolute Gasteiger partial charge is 0.351 e. The van der Waals surface area contributed by atoms with Crippen LogP contribution in [0.3, 0.4) is 0 Å². The highest BCUT2D eigenvalue weighted by atomic mass is 32.1. The van der Waals surface area contributed by atoms with Crippen LogP contribution in [0, 0.1) is 17.1 Å². The van der Waals surface area contributed by atoms with Crippen LogP contribution in [0.4, 0.5) is 9.39 Å². The summed E-state index contributed by atoms with van der Waals surface area (Å²) in [6.07, 6.45) is 4.33. The number of fused-ring (bicyclic) bond motifs is 1. The number of carbonyl (C=O) groups excluding carboxylic acids is 2. The van der Waals surface area contributed by atoms with Crippen LogP contribution in [0.15, 0.2) is 24.3 Å². The summed E-state index contributed by atoms with van der Waals surface area (Å²) in [6.45, 7) is 3.53. The molecule has 0 radical (unpaired) electrons. The van der Waals surface area contributed by atoms with Crippen LogP contribution >= 0.6 is 11.3 Å². The van der Waals surface area contributed by atoms with E-state index in [2.05, 4.69) is 16.7 Å². The normalized spacial score (nSPS) is 12.8. The van der Waals surface area contributed by atoms with Crippen molar-refractivity contribution in [3.8, 4) is 6.07 Å². The van der Waals surface area contributed by atoms with Crippen molar-refractivity contribution in [1.82, 2.24) is 10.2 Å². The van der Waals surface area contributed by atoms with E-state index in [0.29, 0.717) is 30.2 Å². The molecule has 1 heterocycles. The van der Waals surface area contributed by atoms with E-state index < -0.39 is 0 Å². The lowest BCUT2D eigenvalue weighted by Crippen LogP contribution is -2.38. The Balaban J connectivity index is 1.46. The van der Waals surface area contributed by atoms with Crippen molar-refractivity contribution in [2.75, 3.05) is 25.0 Å². The Morgan fingerprint density at radius 3 is 2.65 bits per heavy atom. The molecule has 2 amide bonds. The average Bonchev–Trinajstić information content (AvgIpc) is 3.12. The zero-order valence-corrected chi connectivity index (χ0v) is 18.5. The molecule has 1 aliphatic carbocycles. The van der Waals surface area contributed by atoms with Gasteiger partial charge in [-0.1, -0.05) is 19.1 Å². The molecular formula is C23H27FN4O2S. The Kier molecular flexibility index (Phi) is 8.15. The summed E-state index contributed by atoms with van der Waals surface area (Å²) in [6, 6.07) is 8.24. The third-order valence-corrected chi connectivity index (χ3v) is 6.62. The van der Waals surface area contributed by atoms with Gasteiger partial charge in [-0.05, 0) is 55.5 Å². The molecule has 8 heteroatoms. The minimum Gasteiger partial charge on any atom is -0.351 e. The first-order valence-corrected chi connectivity index (χ1v) is 11.4. The summed E-state index contributed by atoms with van der Waals surface area (Å²) >= 11 is 1.52. The van der Waals surface area contributed by atoms with E-state index in [-0.39, 0.29) is 30.6 Å². The number of nitrogens with one attached hydrogen (secondary N) is 2. The summed E-state index contributed by atoms with van der Waals surface area (Å²) < 4.78 is 13.0. The molecule has 6 nitrogen and oxygen atoms in total. The molecule has 2 N–H and O–H groups in total. The van der Waals surface area contributed by atoms with Gasteiger partial charge in [-0.15, -0.1) is 11.3 Å². The minimum absolute atomic E-state index is 0.149. The highest BCUT2D eigenvalue weighted by Crippen LogP contribution is 2.37. The number of nitrogens with zero attached hydrogens (tertiary/aromatic N) is 2. The molecule has 0 aliphatic heterocycles. The smallest absolute Gasteiger partial charge is 0.234 e. The number of benzene rings is 1. The number of hydrogen-bond acceptors (Lipinski definition) is 5. The van der Waals surface area contributed by atoms with Gasteiger partial charge >= 0.3 is 0 Å². The first kappa shape index (κ1) is 22.9. The highest BCUT2D eigenvalue weighted by molar-refractivity contribution is 7.16. The maximum Gasteiger partial charge on any atom is 0.234 e. The molecule has 0 saturated carbocycles. The van der Waals surface area contributed by atoms with Crippen molar-refractivity contribution >= 4 is 28.2 Å². The number of nitriles is 1. The van der Waals surface area contributed by atoms with E-state index in [1.165, 1.54) is 28.3 Å². The predicted molar refractivity (Wildman–Crippen MR) is 119 cm³/mol. The van der Waals surface area contributed by atoms with Crippen molar-refractivity contribution < 1.29 is 14.0 Å². The van der Waals surface area contributed by atoms with E-state index in [4.69, 9.17) is 0 Å². The Hall–Kier alpha value is -2.76. The third kappa shape index (κ3) is 6.36. The van der Waals surface area contributed by atoms with Gasteiger partial charge in [0.05, 0.1) is 12.1 Å². The molecule has 1 aromatic carbocycles. The molecule has 0 atom stereocenters. The second-order valence-electron chi connectivity index (χ2n) is 7.60. The van der Waals surface area contributed by atoms with Gasteiger partial charge in [-0.3, -0.25) is 14.5 Å². The number of anilines is 1. The van der Waals surface area contributed by atoms with Crippen LogP contribution in [0.5, 0.6) is 0 Å². The molecule has 0 unspecified atom stereocenters. The van der Waals surface area contributed by atoms with Crippen molar-refractivity contribution in [2.45, 2.75) is 45.6 Å². The quantitative estimate of drug-likeness (QED) is 0.621. The van der Waals surface area contributed by atoms with Gasteiger partial charge in [-0.2, -0.15) is 5.26 Å². The summed E-state index contributed by atoms with van der Waals surface area (Å²) in [7, 11) is 0. The lowest BCUT2D eigenvalue weighted by Gasteiger charge is -2.19. The molecule has 1 aliphatic rings. The molecule has 2 aromatic rings. The van der Waals surface area contributed by atoms with E-state index in [0.717, 1.165) is 36.8 Å². The predicted octanol–water partition coefficient (Wildman–Crippen LogP) is 3.60. The molecule has 0 saturated heterocycles. The van der Waals surface area contributed by atoms with E-state index in [9.17, 15) is 19.2 Å². The maximum atomic E-state index is 13.0. The molecule has 0 bridgehead atoms. The van der Waals surface area contributed by atoms with Crippen molar-refractivity contribution in [2.24, 2.45) is 0 Å². The molecule has 31 heavy (non-hydrogen) atoms. The Morgan fingerprint density at radius 2 is 1.94 bits per heavy atom. The van der Waals surface area contributed by atoms with Crippen LogP contribution in [0.25, 0.3) is 0 Å². The van der Waals surface area contributed by atoms with Crippen LogP contribution < -0.4 is 10.6 Å². The monoisotopic (exact) mass is 442 g/mol. The van der Waals surface area contributed by atoms with Crippen molar-refractivity contribution in [3.63, 3.8) is 0 Å². The fraction of sp³-hybridized carbons (Fsp3) is 0.435. The number of thiophene rings is 1. The van der Waals surface area contributed by atoms with Gasteiger partial charge in [-0.25, -0.2) is 4.39 Å². The van der Waals surface area contributed by atoms with Gasteiger partial charge in [0.25, 0.3) is 0 Å². The first-order valence-electron chi connectivity index (χ1n) is 10.6. The Bertz CT molecular complexity index is 965. The van der Waals surface area contributed by atoms with Gasteiger partial charge in [0.1, 0.15) is 16.9 Å². The minimum atomic E-state index is -0.310. The van der Waals surface area contributed by atoms with Crippen LogP contribution in [-0.2, 0) is 29.0 Å². The number of carbonyl (C=O) groups is 2. The number of amides is 2. The molecule has 0 fully saturated rings. The lowest BCUT2D eigenvalue weighted by atomic mass is 9.96. The van der Waals surface area contributed by atoms with Crippen LogP contribution in [0.1, 0.15) is 47.8 Å². The Morgan fingerprint density at radius 1 is 1.19 bits per heavy atom. The summed E-state index contributed by atoms with van der Waals surface area (Å²) in [5.74, 6) is -0.611. The van der Waals surface area contributed by atoms with Crippen molar-refractivity contribution in [3.05, 3.63) is 51.7 Å². The van der Waals surface area contributed by atoms with E-state index >= 15 is 0 Å². The third-order valence-electron chi connectivity index (χ3n) is 5.41. The summed E-state index contributed by atoms with van der Waals surface area (Å²) in [5.41, 5.74) is 2.53. The topological polar surface area (TPSA) is 85.2 Å². The second-order valence-corrected chi connectivity index (χ2v) is 8.70. The fourth-order valence-electron chi connectivity index (χ4n) is 3.63. The molecule has 164 valence electrons. The SMILES string of the molecule is CCN(CCC(=O)Nc1sc2c(c1C#N)CCCC2)CC(=O)NCc1ccc(F)cc1. The average molecular weight is 443 g/mol. The number of hydrogen-bond donors (Lipinski definition) is 2. The van der Waals surface area contributed by atoms with Gasteiger partial charge in [0, 0.05) is 24.4 Å². The number of aryl methyl sites for hydroxylation is 1. The molecular weight excluding hydrogens is 415 g/mol. The molecule has 0 spiro atoms. The van der Waals surface area contributed by atoms with Crippen LogP contribution in [-0.4, -0.2) is 36.3 Å². The van der Waals surface area contributed by atoms with Crippen LogP contribution in [0.2, 0.25) is 0 Å².